The molecule has 0 heterocycles. The first-order valence-electron chi connectivity index (χ1n) is 0.204. The maximum Gasteiger partial charge on any atom is -0.0437 e. The van der Waals surface area contributed by atoms with Crippen molar-refractivity contribution in [2.75, 3.05) is 0 Å². The van der Waals surface area contributed by atoms with E-state index in [9.17, 15) is 0 Å². The van der Waals surface area contributed by atoms with Crippen LogP contribution in [0.3, 0.4) is 0 Å². The number of hydrogen-bond donors (Lipinski definition) is 0. The summed E-state index contributed by atoms with van der Waals surface area (Å²) in [5.74, 6) is 0. The Morgan fingerprint density at radius 3 is 0.222 bits per heavy atom. The van der Waals surface area contributed by atoms with Crippen LogP contribution in [0.1, 0.15) is 119 Å². The molecule has 0 fully saturated rings. The van der Waals surface area contributed by atoms with Gasteiger partial charge >= 0.3 is 0 Å². The van der Waals surface area contributed by atoms with Crippen molar-refractivity contribution in [3.8, 4) is 0 Å². The first kappa shape index (κ1) is 2460. The maximum atomic E-state index is 3.89. The summed E-state index contributed by atoms with van der Waals surface area (Å²) in [6, 6.07) is 0. The second-order valence-electron chi connectivity index (χ2n) is 0. The minimum atomic E-state index is 0. The Labute approximate surface area is 139 Å². The van der Waals surface area contributed by atoms with Gasteiger partial charge < -0.3 is 0 Å². The van der Waals surface area contributed by atoms with Crippen molar-refractivity contribution >= 4 is 19.8 Å². The predicted octanol–water partition coefficient (Wildman–Crippen LogP) is 10.8. The summed E-state index contributed by atoms with van der Waals surface area (Å²) in [5.41, 5.74) is 0. The summed E-state index contributed by atoms with van der Waals surface area (Å²) in [5, 5.41) is 0. The second kappa shape index (κ2) is 17700. The van der Waals surface area contributed by atoms with E-state index in [1.165, 1.54) is 0 Å². The normalized spacial score (nSPS) is 0.222. The second-order valence-corrected chi connectivity index (χ2v) is 0. The zero-order valence-electron chi connectivity index (χ0n) is 0.908. The largest absolute Gasteiger partial charge is 0.0776 e. The van der Waals surface area contributed by atoms with Crippen LogP contribution in [0.5, 0.6) is 0 Å². The van der Waals surface area contributed by atoms with E-state index in [-0.39, 0.29) is 119 Å². The molecule has 0 rings (SSSR count). The topological polar surface area (TPSA) is 0 Å². The Hall–Kier alpha value is 0.520. The highest BCUT2D eigenvalue weighted by molar-refractivity contribution is 7.88. The van der Waals surface area contributed by atoms with Crippen LogP contribution in [0.15, 0.2) is 0 Å². The van der Waals surface area contributed by atoms with Gasteiger partial charge in [-0.15, -0.1) is 0 Å². The van der Waals surface area contributed by atoms with Crippen molar-refractivity contribution in [2.24, 2.45) is 0 Å². The fourth-order valence-electron chi connectivity index (χ4n) is 0. The van der Waals surface area contributed by atoms with Gasteiger partial charge in [0, 0.05) is 0 Å². The summed E-state index contributed by atoms with van der Waals surface area (Å²) in [7, 11) is 2.56. The Bertz CT molecular complexity index is 11.1. The highest BCUT2D eigenvalue weighted by Crippen LogP contribution is 1.26. The monoisotopic (exact) mass is 320 g/mol. The molecule has 0 aromatic heterocycles. The van der Waals surface area contributed by atoms with Crippen molar-refractivity contribution in [3.63, 3.8) is 0 Å². The average Bonchev–Trinajstić information content (AvgIpc) is 1.00. The van der Waals surface area contributed by atoms with Crippen LogP contribution in [0.25, 0.3) is 0 Å². The third-order valence-electron chi connectivity index (χ3n) is 0. The van der Waals surface area contributed by atoms with E-state index >= 15 is 0 Å². The van der Waals surface area contributed by atoms with Gasteiger partial charge in [-0.05, 0) is 8.02 Å². The molecule has 0 saturated carbocycles. The van der Waals surface area contributed by atoms with Crippen LogP contribution < -0.4 is 0 Å². The maximum absolute atomic E-state index is 3.89. The van der Waals surface area contributed by atoms with E-state index in [0.29, 0.717) is 0 Å². The molecule has 0 bridgehead atoms. The summed E-state index contributed by atoms with van der Waals surface area (Å²) in [4.78, 5) is 0. The van der Waals surface area contributed by atoms with Crippen molar-refractivity contribution in [3.05, 3.63) is 0 Å². The molecule has 0 aliphatic rings. The van der Waals surface area contributed by atoms with Crippen molar-refractivity contribution < 1.29 is 0 Å². The summed E-state index contributed by atoms with van der Waals surface area (Å²) < 4.78 is 0. The molecule has 0 aromatic rings. The van der Waals surface area contributed by atoms with Crippen LogP contribution in [0, 0.1) is 0 Å². The van der Waals surface area contributed by atoms with Crippen LogP contribution in [-0.2, 0) is 11.8 Å². The van der Waals surface area contributed by atoms with Crippen molar-refractivity contribution in [1.82, 2.24) is 0 Å². The van der Waals surface area contributed by atoms with Gasteiger partial charge in [-0.1, -0.05) is 131 Å². The van der Waals surface area contributed by atoms with Gasteiger partial charge in [0.25, 0.3) is 0 Å². The standard InChI is InChI=1S/16CH4.HPS/c;;;;;;;;;;;;;;;;1-2/h16*1H4;1H. The van der Waals surface area contributed by atoms with E-state index in [1.54, 1.807) is 0 Å². The van der Waals surface area contributed by atoms with Gasteiger partial charge in [-0.3, -0.25) is 0 Å². The lowest BCUT2D eigenvalue weighted by Crippen LogP contribution is -0.399. The minimum absolute atomic E-state index is 0. The first-order valence-corrected chi connectivity index (χ1v) is 1.84. The highest BCUT2D eigenvalue weighted by atomic mass is 32.4. The quantitative estimate of drug-likeness (QED) is 0.400. The molecule has 0 saturated heterocycles. The van der Waals surface area contributed by atoms with Crippen molar-refractivity contribution in [2.45, 2.75) is 119 Å². The van der Waals surface area contributed by atoms with Gasteiger partial charge in [-0.25, -0.2) is 0 Å². The fourth-order valence-corrected chi connectivity index (χ4v) is 0. The fraction of sp³-hybridized carbons (Fsp3) is 1.00. The zero-order chi connectivity index (χ0) is 2.00. The SMILES string of the molecule is C.C.C.C.C.C.C.C.C.C.C.C.C.C.C.C.P=S. The average molecular weight is 321 g/mol. The van der Waals surface area contributed by atoms with Crippen LogP contribution in [0.4, 0.5) is 0 Å². The molecule has 0 spiro atoms. The van der Waals surface area contributed by atoms with Gasteiger partial charge in [-0.2, -0.15) is 0 Å². The molecule has 0 atom stereocenters. The Morgan fingerprint density at radius 1 is 0.222 bits per heavy atom. The van der Waals surface area contributed by atoms with Gasteiger partial charge in [0.2, 0.25) is 0 Å². The molecule has 0 nitrogen and oxygen atoms in total. The van der Waals surface area contributed by atoms with Crippen LogP contribution in [0.2, 0.25) is 0 Å². The summed E-state index contributed by atoms with van der Waals surface area (Å²) in [6.45, 7) is 0. The molecular weight excluding hydrogens is 255 g/mol. The Kier molecular flexibility index (Phi) is 2420000. The van der Waals surface area contributed by atoms with E-state index in [4.69, 9.17) is 0 Å². The Morgan fingerprint density at radius 2 is 0.222 bits per heavy atom. The lowest BCUT2D eigenvalue weighted by atomic mass is 12.0. The third kappa shape index (κ3) is 14700. The molecule has 0 aliphatic carbocycles. The Balaban J connectivity index is -0.0000000000417. The summed E-state index contributed by atoms with van der Waals surface area (Å²) >= 11 is 3.89. The van der Waals surface area contributed by atoms with E-state index < -0.39 is 0 Å². The van der Waals surface area contributed by atoms with Crippen LogP contribution >= 0.6 is 8.02 Å². The smallest absolute Gasteiger partial charge is 0.0437 e. The molecule has 0 amide bonds. The molecule has 0 aromatic carbocycles. The van der Waals surface area contributed by atoms with E-state index in [2.05, 4.69) is 19.8 Å². The number of rotatable bonds is 0. The zero-order valence-corrected chi connectivity index (χ0v) is 2.72. The molecular formula is C16H65PS. The van der Waals surface area contributed by atoms with Crippen LogP contribution in [-0.4, -0.2) is 0 Å². The predicted molar refractivity (Wildman–Crippen MR) is 123 cm³/mol. The molecule has 140 valence electrons. The minimum Gasteiger partial charge on any atom is -0.0776 e. The first-order chi connectivity index (χ1) is 1.00. The third-order valence-corrected chi connectivity index (χ3v) is 0. The summed E-state index contributed by atoms with van der Waals surface area (Å²) in [6.07, 6.45) is 0. The molecule has 18 heavy (non-hydrogen) atoms. The lowest BCUT2D eigenvalue weighted by Gasteiger charge is -0.760. The molecule has 0 radical (unpaired) electrons. The van der Waals surface area contributed by atoms with Gasteiger partial charge in [0.05, 0.1) is 0 Å². The van der Waals surface area contributed by atoms with Gasteiger partial charge in [0.1, 0.15) is 0 Å². The molecule has 2 heteroatoms. The highest BCUT2D eigenvalue weighted by Gasteiger charge is 0.655. The molecule has 0 unspecified atom stereocenters. The van der Waals surface area contributed by atoms with Gasteiger partial charge in [0.15, 0.2) is 0 Å². The number of hydrogen-bond acceptors (Lipinski definition) is 1. The van der Waals surface area contributed by atoms with Crippen molar-refractivity contribution in [1.29, 1.82) is 0 Å². The van der Waals surface area contributed by atoms with E-state index in [1.807, 2.05) is 0 Å². The lowest BCUT2D eigenvalue weighted by molar-refractivity contribution is 2.50. The van der Waals surface area contributed by atoms with E-state index in [0.717, 1.165) is 0 Å². The molecule has 0 aliphatic heterocycles. The molecule has 0 N–H and O–H groups in total.